The highest BCUT2D eigenvalue weighted by Gasteiger charge is 2.16. The van der Waals surface area contributed by atoms with Gasteiger partial charge in [-0.05, 0) is 60.4 Å². The van der Waals surface area contributed by atoms with Gasteiger partial charge in [0.25, 0.3) is 5.91 Å². The lowest BCUT2D eigenvalue weighted by atomic mass is 9.99. The molecule has 3 aromatic rings. The lowest BCUT2D eigenvalue weighted by Gasteiger charge is -2.30. The standard InChI is InChI=1S/C23H22N2O/c1-17-6-2-5-9-22(17)24-23(26)19-10-12-21(13-11-19)25-15-14-18-7-3-4-8-20(18)16-25/h2-13H,14-16H2,1H3,(H,24,26). The third kappa shape index (κ3) is 3.33. The van der Waals surface area contributed by atoms with Crippen LogP contribution in [0.2, 0.25) is 0 Å². The van der Waals surface area contributed by atoms with Crippen molar-refractivity contribution in [1.29, 1.82) is 0 Å². The molecule has 3 heteroatoms. The van der Waals surface area contributed by atoms with Crippen molar-refractivity contribution in [2.75, 3.05) is 16.8 Å². The zero-order valence-electron chi connectivity index (χ0n) is 14.9. The van der Waals surface area contributed by atoms with Crippen molar-refractivity contribution in [1.82, 2.24) is 0 Å². The molecular weight excluding hydrogens is 320 g/mol. The van der Waals surface area contributed by atoms with E-state index in [2.05, 4.69) is 34.5 Å². The van der Waals surface area contributed by atoms with Crippen LogP contribution in [0.5, 0.6) is 0 Å². The van der Waals surface area contributed by atoms with Gasteiger partial charge in [-0.1, -0.05) is 42.5 Å². The molecule has 0 spiro atoms. The van der Waals surface area contributed by atoms with E-state index in [0.717, 1.165) is 36.4 Å². The van der Waals surface area contributed by atoms with Crippen LogP contribution < -0.4 is 10.2 Å². The van der Waals surface area contributed by atoms with Crippen LogP contribution >= 0.6 is 0 Å². The van der Waals surface area contributed by atoms with Crippen molar-refractivity contribution in [3.63, 3.8) is 0 Å². The maximum absolute atomic E-state index is 12.5. The summed E-state index contributed by atoms with van der Waals surface area (Å²) in [6.45, 7) is 3.92. The zero-order valence-corrected chi connectivity index (χ0v) is 14.9. The lowest BCUT2D eigenvalue weighted by molar-refractivity contribution is 0.102. The van der Waals surface area contributed by atoms with E-state index in [9.17, 15) is 4.79 Å². The average Bonchev–Trinajstić information content (AvgIpc) is 2.69. The SMILES string of the molecule is Cc1ccccc1NC(=O)c1ccc(N2CCc3ccccc3C2)cc1. The van der Waals surface area contributed by atoms with E-state index in [1.807, 2.05) is 55.5 Å². The van der Waals surface area contributed by atoms with Crippen LogP contribution in [0.15, 0.2) is 72.8 Å². The van der Waals surface area contributed by atoms with Crippen LogP contribution in [0.25, 0.3) is 0 Å². The minimum absolute atomic E-state index is 0.0742. The Labute approximate surface area is 154 Å². The van der Waals surface area contributed by atoms with Gasteiger partial charge in [0.15, 0.2) is 0 Å². The fourth-order valence-electron chi connectivity index (χ4n) is 3.45. The molecule has 1 heterocycles. The summed E-state index contributed by atoms with van der Waals surface area (Å²) >= 11 is 0. The highest BCUT2D eigenvalue weighted by Crippen LogP contribution is 2.25. The van der Waals surface area contributed by atoms with Gasteiger partial charge in [0.1, 0.15) is 0 Å². The van der Waals surface area contributed by atoms with Crippen molar-refractivity contribution in [2.45, 2.75) is 19.9 Å². The highest BCUT2D eigenvalue weighted by molar-refractivity contribution is 6.04. The second kappa shape index (κ2) is 7.04. The Morgan fingerprint density at radius 3 is 2.35 bits per heavy atom. The number of rotatable bonds is 3. The van der Waals surface area contributed by atoms with Crippen molar-refractivity contribution >= 4 is 17.3 Å². The molecule has 0 saturated heterocycles. The Balaban J connectivity index is 1.47. The third-order valence-corrected chi connectivity index (χ3v) is 5.02. The first-order valence-electron chi connectivity index (χ1n) is 8.99. The maximum Gasteiger partial charge on any atom is 0.255 e. The van der Waals surface area contributed by atoms with Crippen LogP contribution in [0.4, 0.5) is 11.4 Å². The maximum atomic E-state index is 12.5. The number of aryl methyl sites for hydroxylation is 1. The van der Waals surface area contributed by atoms with E-state index in [-0.39, 0.29) is 5.91 Å². The largest absolute Gasteiger partial charge is 0.367 e. The first-order valence-corrected chi connectivity index (χ1v) is 8.99. The summed E-state index contributed by atoms with van der Waals surface area (Å²) in [5.74, 6) is -0.0742. The molecule has 1 aliphatic rings. The van der Waals surface area contributed by atoms with E-state index in [1.54, 1.807) is 0 Å². The van der Waals surface area contributed by atoms with Gasteiger partial charge in [-0.25, -0.2) is 0 Å². The minimum atomic E-state index is -0.0742. The fourth-order valence-corrected chi connectivity index (χ4v) is 3.45. The predicted molar refractivity (Wildman–Crippen MR) is 107 cm³/mol. The number of carbonyl (C=O) groups is 1. The van der Waals surface area contributed by atoms with Gasteiger partial charge in [-0.3, -0.25) is 4.79 Å². The van der Waals surface area contributed by atoms with E-state index in [4.69, 9.17) is 0 Å². The zero-order chi connectivity index (χ0) is 17.9. The first kappa shape index (κ1) is 16.4. The second-order valence-corrected chi connectivity index (χ2v) is 6.76. The van der Waals surface area contributed by atoms with Gasteiger partial charge in [-0.2, -0.15) is 0 Å². The number of benzene rings is 3. The summed E-state index contributed by atoms with van der Waals surface area (Å²) in [6, 6.07) is 24.3. The van der Waals surface area contributed by atoms with Crippen molar-refractivity contribution in [2.24, 2.45) is 0 Å². The molecule has 0 atom stereocenters. The summed E-state index contributed by atoms with van der Waals surface area (Å²) in [5.41, 5.74) is 6.58. The topological polar surface area (TPSA) is 32.3 Å². The van der Waals surface area contributed by atoms with Gasteiger partial charge in [0.05, 0.1) is 0 Å². The lowest BCUT2D eigenvalue weighted by Crippen LogP contribution is -2.30. The summed E-state index contributed by atoms with van der Waals surface area (Å²) in [5, 5.41) is 2.99. The van der Waals surface area contributed by atoms with Crippen LogP contribution in [0.1, 0.15) is 27.0 Å². The molecule has 0 saturated carbocycles. The number of nitrogens with zero attached hydrogens (tertiary/aromatic N) is 1. The molecule has 1 amide bonds. The summed E-state index contributed by atoms with van der Waals surface area (Å²) in [6.07, 6.45) is 1.06. The Hall–Kier alpha value is -3.07. The molecule has 1 N–H and O–H groups in total. The predicted octanol–water partition coefficient (Wildman–Crippen LogP) is 4.81. The Morgan fingerprint density at radius 2 is 1.58 bits per heavy atom. The molecule has 0 bridgehead atoms. The number of nitrogens with one attached hydrogen (secondary N) is 1. The molecule has 0 unspecified atom stereocenters. The number of fused-ring (bicyclic) bond motifs is 1. The Morgan fingerprint density at radius 1 is 0.885 bits per heavy atom. The molecule has 0 fully saturated rings. The van der Waals surface area contributed by atoms with Gasteiger partial charge in [-0.15, -0.1) is 0 Å². The molecule has 26 heavy (non-hydrogen) atoms. The number of anilines is 2. The monoisotopic (exact) mass is 342 g/mol. The normalized spacial score (nSPS) is 13.2. The van der Waals surface area contributed by atoms with Crippen molar-refractivity contribution < 1.29 is 4.79 Å². The number of carbonyl (C=O) groups excluding carboxylic acids is 1. The smallest absolute Gasteiger partial charge is 0.255 e. The van der Waals surface area contributed by atoms with Crippen molar-refractivity contribution in [3.05, 3.63) is 95.1 Å². The third-order valence-electron chi connectivity index (χ3n) is 5.02. The number of hydrogen-bond donors (Lipinski definition) is 1. The molecule has 4 rings (SSSR count). The van der Waals surface area contributed by atoms with E-state index in [0.29, 0.717) is 5.56 Å². The van der Waals surface area contributed by atoms with Gasteiger partial charge < -0.3 is 10.2 Å². The molecule has 3 aromatic carbocycles. The van der Waals surface area contributed by atoms with E-state index in [1.165, 1.54) is 11.1 Å². The molecule has 0 aliphatic carbocycles. The molecule has 0 aromatic heterocycles. The van der Waals surface area contributed by atoms with E-state index >= 15 is 0 Å². The Bertz CT molecular complexity index is 931. The van der Waals surface area contributed by atoms with Gasteiger partial charge in [0, 0.05) is 30.0 Å². The molecule has 1 aliphatic heterocycles. The highest BCUT2D eigenvalue weighted by atomic mass is 16.1. The number of para-hydroxylation sites is 1. The molecule has 3 nitrogen and oxygen atoms in total. The van der Waals surface area contributed by atoms with Crippen LogP contribution in [0, 0.1) is 6.92 Å². The number of amides is 1. The van der Waals surface area contributed by atoms with Crippen molar-refractivity contribution in [3.8, 4) is 0 Å². The van der Waals surface area contributed by atoms with Crippen LogP contribution in [-0.4, -0.2) is 12.5 Å². The second-order valence-electron chi connectivity index (χ2n) is 6.76. The minimum Gasteiger partial charge on any atom is -0.367 e. The number of hydrogen-bond acceptors (Lipinski definition) is 2. The molecule has 130 valence electrons. The molecular formula is C23H22N2O. The first-order chi connectivity index (χ1) is 12.7. The van der Waals surface area contributed by atoms with E-state index < -0.39 is 0 Å². The average molecular weight is 342 g/mol. The van der Waals surface area contributed by atoms with Gasteiger partial charge in [0.2, 0.25) is 0 Å². The summed E-state index contributed by atoms with van der Waals surface area (Å²) < 4.78 is 0. The summed E-state index contributed by atoms with van der Waals surface area (Å²) in [4.78, 5) is 14.9. The molecule has 0 radical (unpaired) electrons. The van der Waals surface area contributed by atoms with Crippen LogP contribution in [0.3, 0.4) is 0 Å². The Kier molecular flexibility index (Phi) is 4.44. The summed E-state index contributed by atoms with van der Waals surface area (Å²) in [7, 11) is 0. The quantitative estimate of drug-likeness (QED) is 0.741. The fraction of sp³-hybridized carbons (Fsp3) is 0.174. The van der Waals surface area contributed by atoms with Crippen LogP contribution in [-0.2, 0) is 13.0 Å². The van der Waals surface area contributed by atoms with Gasteiger partial charge >= 0.3 is 0 Å².